The van der Waals surface area contributed by atoms with Crippen LogP contribution in [0.1, 0.15) is 79.0 Å². The molecule has 10 heteroatoms. The maximum absolute atomic E-state index is 6.30. The molecule has 0 bridgehead atoms. The smallest absolute Gasteiger partial charge is 0.270 e. The maximum atomic E-state index is 6.30. The van der Waals surface area contributed by atoms with Crippen molar-refractivity contribution in [3.8, 4) is 11.5 Å². The van der Waals surface area contributed by atoms with Gasteiger partial charge in [-0.25, -0.2) is 4.89 Å². The molecule has 0 N–H and O–H groups in total. The predicted molar refractivity (Wildman–Crippen MR) is 197 cm³/mol. The van der Waals surface area contributed by atoms with E-state index >= 15 is 0 Å². The van der Waals surface area contributed by atoms with Crippen LogP contribution in [0.15, 0.2) is 54.1 Å². The largest absolute Gasteiger partial charge is 0.553 e. The Morgan fingerprint density at radius 3 is 1.85 bits per heavy atom. The van der Waals surface area contributed by atoms with E-state index in [0.717, 1.165) is 44.6 Å². The quantitative estimate of drug-likeness (QED) is 0.160. The molecule has 2 fully saturated rings. The van der Waals surface area contributed by atoms with E-state index in [1.54, 1.807) is 11.3 Å². The van der Waals surface area contributed by atoms with E-state index in [4.69, 9.17) is 28.1 Å². The lowest BCUT2D eigenvalue weighted by Gasteiger charge is -2.60. The molecule has 0 amide bonds. The van der Waals surface area contributed by atoms with Gasteiger partial charge in [0, 0.05) is 25.6 Å². The molecule has 248 valence electrons. The van der Waals surface area contributed by atoms with Crippen molar-refractivity contribution in [3.63, 3.8) is 0 Å². The van der Waals surface area contributed by atoms with Crippen molar-refractivity contribution in [2.75, 3.05) is 13.2 Å². The van der Waals surface area contributed by atoms with Crippen molar-refractivity contribution in [2.45, 2.75) is 80.6 Å². The molecule has 5 heterocycles. The number of thiophene rings is 2. The Morgan fingerprint density at radius 1 is 0.739 bits per heavy atom. The second-order valence-electron chi connectivity index (χ2n) is 16.0. The normalized spacial score (nSPS) is 25.3. The summed E-state index contributed by atoms with van der Waals surface area (Å²) >= 11 is 3.52. The highest BCUT2D eigenvalue weighted by atomic mass is 32.1. The van der Waals surface area contributed by atoms with Crippen LogP contribution in [0.25, 0.3) is 25.9 Å². The lowest BCUT2D eigenvalue weighted by molar-refractivity contribution is -0.625. The van der Waals surface area contributed by atoms with Crippen molar-refractivity contribution in [1.29, 1.82) is 0 Å². The molecule has 3 aliphatic rings. The molecule has 2 aromatic carbocycles. The minimum atomic E-state index is -0.833. The minimum absolute atomic E-state index is 0.0903. The van der Waals surface area contributed by atoms with Crippen LogP contribution in [-0.4, -0.2) is 39.8 Å². The van der Waals surface area contributed by atoms with Crippen molar-refractivity contribution in [3.05, 3.63) is 63.9 Å². The molecular formula is C36H48O6S2Si2. The molecule has 0 saturated carbocycles. The summed E-state index contributed by atoms with van der Waals surface area (Å²) in [5.41, 5.74) is 0.811. The summed E-state index contributed by atoms with van der Waals surface area (Å²) in [7, 11) is 1.41. The minimum Gasteiger partial charge on any atom is -0.553 e. The summed E-state index contributed by atoms with van der Waals surface area (Å²) in [5.74, 6) is 2.13. The van der Waals surface area contributed by atoms with Gasteiger partial charge in [-0.3, -0.25) is 0 Å². The molecule has 6 nitrogen and oxygen atoms in total. The van der Waals surface area contributed by atoms with Crippen LogP contribution in [-0.2, 0) is 25.0 Å². The molecule has 46 heavy (non-hydrogen) atoms. The van der Waals surface area contributed by atoms with Gasteiger partial charge >= 0.3 is 0 Å². The number of rotatable bonds is 4. The topological polar surface area (TPSA) is 55.4 Å². The first-order valence-corrected chi connectivity index (χ1v) is 19.2. The van der Waals surface area contributed by atoms with E-state index in [1.807, 2.05) is 23.5 Å². The van der Waals surface area contributed by atoms with Crippen LogP contribution in [0.4, 0.5) is 0 Å². The van der Waals surface area contributed by atoms with Crippen molar-refractivity contribution in [2.24, 2.45) is 21.7 Å². The average Bonchev–Trinajstić information content (AvgIpc) is 3.67. The van der Waals surface area contributed by atoms with Gasteiger partial charge in [-0.05, 0) is 70.3 Å². The number of fused-ring (bicyclic) bond motifs is 3. The van der Waals surface area contributed by atoms with Gasteiger partial charge in [0.2, 0.25) is 21.0 Å². The molecule has 2 aromatic heterocycles. The zero-order chi connectivity index (χ0) is 33.5. The standard InChI is InChI=1S/C18H24O4SSi.C18H24O2SSi/c1-15(2,3)18-16(4,5)10-19-17(18,21-22-18)14-9-11-8-12(20-24)6-7-13(11)23-14;1-17(2,3)16-15(19-10-18(16,4)5)14-9-11-8-12(20-22)6-7-13(11)21-14/h6-9H,10H2,1-5,24H3;6-9H,10H2,1-5,22H3. The second kappa shape index (κ2) is 11.2. The zero-order valence-electron chi connectivity index (χ0n) is 29.3. The first kappa shape index (κ1) is 33.7. The fourth-order valence-electron chi connectivity index (χ4n) is 8.01. The Bertz CT molecular complexity index is 1830. The second-order valence-corrected chi connectivity index (χ2v) is 19.0. The van der Waals surface area contributed by atoms with E-state index in [0.29, 0.717) is 17.1 Å². The predicted octanol–water partition coefficient (Wildman–Crippen LogP) is 7.89. The zero-order valence-corrected chi connectivity index (χ0v) is 34.9. The van der Waals surface area contributed by atoms with Crippen LogP contribution < -0.4 is 8.85 Å². The van der Waals surface area contributed by atoms with Crippen molar-refractivity contribution in [1.82, 2.24) is 0 Å². The highest BCUT2D eigenvalue weighted by Crippen LogP contribution is 2.70. The van der Waals surface area contributed by atoms with Gasteiger partial charge in [-0.2, -0.15) is 4.89 Å². The van der Waals surface area contributed by atoms with Crippen LogP contribution in [0.2, 0.25) is 0 Å². The van der Waals surface area contributed by atoms with Gasteiger partial charge in [-0.1, -0.05) is 69.2 Å². The highest BCUT2D eigenvalue weighted by Gasteiger charge is 2.81. The van der Waals surface area contributed by atoms with Gasteiger partial charge in [0.1, 0.15) is 17.3 Å². The molecule has 2 unspecified atom stereocenters. The average molecular weight is 697 g/mol. The molecule has 0 spiro atoms. The highest BCUT2D eigenvalue weighted by molar-refractivity contribution is 7.20. The van der Waals surface area contributed by atoms with E-state index in [-0.39, 0.29) is 21.7 Å². The third-order valence-electron chi connectivity index (χ3n) is 9.62. The van der Waals surface area contributed by atoms with Crippen LogP contribution in [0.3, 0.4) is 0 Å². The summed E-state index contributed by atoms with van der Waals surface area (Å²) < 4.78 is 25.9. The molecule has 3 aliphatic heterocycles. The van der Waals surface area contributed by atoms with Gasteiger partial charge in [0.15, 0.2) is 5.60 Å². The maximum Gasteiger partial charge on any atom is 0.270 e. The number of hydrogen-bond donors (Lipinski definition) is 0. The van der Waals surface area contributed by atoms with Gasteiger partial charge in [0.05, 0.1) is 23.0 Å². The Morgan fingerprint density at radius 2 is 1.33 bits per heavy atom. The number of hydrogen-bond acceptors (Lipinski definition) is 8. The van der Waals surface area contributed by atoms with E-state index in [2.05, 4.69) is 106 Å². The molecule has 4 aromatic rings. The SMILES string of the molecule is CC(C)(C)C12OOC1(c1cc3cc(O[SiH3])ccc3s1)OCC2(C)C.CC(C)(C)C1=C(c2cc3cc(O[SiH3])ccc3s2)OCC1(C)C. The van der Waals surface area contributed by atoms with Gasteiger partial charge in [-0.15, -0.1) is 22.7 Å². The van der Waals surface area contributed by atoms with Gasteiger partial charge in [0.25, 0.3) is 5.79 Å². The number of benzene rings is 2. The summed E-state index contributed by atoms with van der Waals surface area (Å²) in [5, 5.41) is 2.40. The molecule has 0 aliphatic carbocycles. The Labute approximate surface area is 287 Å². The first-order chi connectivity index (χ1) is 21.4. The molecule has 2 atom stereocenters. The van der Waals surface area contributed by atoms with Crippen molar-refractivity contribution >= 4 is 69.6 Å². The Hall–Kier alpha value is -2.19. The van der Waals surface area contributed by atoms with Crippen LogP contribution in [0.5, 0.6) is 11.5 Å². The number of ether oxygens (including phenoxy) is 2. The monoisotopic (exact) mass is 696 g/mol. The summed E-state index contributed by atoms with van der Waals surface area (Å²) in [6, 6.07) is 16.9. The third kappa shape index (κ3) is 5.10. The lowest BCUT2D eigenvalue weighted by Crippen LogP contribution is -2.72. The molecule has 0 radical (unpaired) electrons. The summed E-state index contributed by atoms with van der Waals surface area (Å²) in [6.45, 7) is 23.7. The van der Waals surface area contributed by atoms with Crippen molar-refractivity contribution < 1.29 is 28.1 Å². The molecule has 7 rings (SSSR count). The Kier molecular flexibility index (Phi) is 8.19. The lowest BCUT2D eigenvalue weighted by atomic mass is 9.58. The molecule has 2 saturated heterocycles. The third-order valence-corrected chi connectivity index (χ3v) is 12.9. The van der Waals surface area contributed by atoms with E-state index in [1.165, 1.54) is 25.2 Å². The van der Waals surface area contributed by atoms with Crippen LogP contribution in [0, 0.1) is 21.7 Å². The summed E-state index contributed by atoms with van der Waals surface area (Å²) in [6.07, 6.45) is 0. The fraction of sp³-hybridized carbons (Fsp3) is 0.500. The first-order valence-electron chi connectivity index (χ1n) is 15.9. The molecular weight excluding hydrogens is 649 g/mol. The van der Waals surface area contributed by atoms with Gasteiger partial charge < -0.3 is 18.3 Å². The fourth-order valence-corrected chi connectivity index (χ4v) is 10.7. The Balaban J connectivity index is 0.000000162. The van der Waals surface area contributed by atoms with Crippen LogP contribution >= 0.6 is 22.7 Å². The van der Waals surface area contributed by atoms with E-state index < -0.39 is 11.4 Å². The van der Waals surface area contributed by atoms with E-state index in [9.17, 15) is 0 Å². The summed E-state index contributed by atoms with van der Waals surface area (Å²) in [4.78, 5) is 13.9.